The second kappa shape index (κ2) is 9.71. The first-order chi connectivity index (χ1) is 14.4. The summed E-state index contributed by atoms with van der Waals surface area (Å²) in [5.74, 6) is 0.0962. The SMILES string of the molecule is CCOC(=O)c1c(NC(=O)COc2ccc([N+](=O)[O-])cc2)sc2c1CCC(CC)C2. The Labute approximate surface area is 178 Å². The number of ether oxygens (including phenoxy) is 2. The molecule has 0 bridgehead atoms. The number of non-ortho nitro benzene ring substituents is 1. The highest BCUT2D eigenvalue weighted by Gasteiger charge is 2.29. The molecule has 0 spiro atoms. The van der Waals surface area contributed by atoms with Gasteiger partial charge in [-0.3, -0.25) is 14.9 Å². The highest BCUT2D eigenvalue weighted by atomic mass is 32.1. The number of thiophene rings is 1. The number of nitrogens with zero attached hydrogens (tertiary/aromatic N) is 1. The van der Waals surface area contributed by atoms with Crippen LogP contribution >= 0.6 is 11.3 Å². The van der Waals surface area contributed by atoms with Crippen LogP contribution in [0.4, 0.5) is 10.7 Å². The summed E-state index contributed by atoms with van der Waals surface area (Å²) in [4.78, 5) is 36.3. The minimum absolute atomic E-state index is 0.0552. The molecule has 30 heavy (non-hydrogen) atoms. The van der Waals surface area contributed by atoms with Crippen LogP contribution in [0.2, 0.25) is 0 Å². The molecule has 0 radical (unpaired) electrons. The average molecular weight is 432 g/mol. The van der Waals surface area contributed by atoms with Gasteiger partial charge >= 0.3 is 5.97 Å². The Balaban J connectivity index is 1.71. The van der Waals surface area contributed by atoms with E-state index in [0.29, 0.717) is 22.2 Å². The summed E-state index contributed by atoms with van der Waals surface area (Å²) in [6.07, 6.45) is 3.80. The molecule has 0 saturated heterocycles. The van der Waals surface area contributed by atoms with Crippen LogP contribution < -0.4 is 10.1 Å². The van der Waals surface area contributed by atoms with E-state index in [1.165, 1.54) is 35.6 Å². The van der Waals surface area contributed by atoms with Crippen molar-refractivity contribution in [1.29, 1.82) is 0 Å². The second-order valence-electron chi connectivity index (χ2n) is 7.03. The lowest BCUT2D eigenvalue weighted by Gasteiger charge is -2.20. The fourth-order valence-corrected chi connectivity index (χ4v) is 4.85. The second-order valence-corrected chi connectivity index (χ2v) is 8.14. The van der Waals surface area contributed by atoms with Gasteiger partial charge in [0.2, 0.25) is 0 Å². The van der Waals surface area contributed by atoms with Crippen molar-refractivity contribution in [2.75, 3.05) is 18.5 Å². The molecule has 1 atom stereocenters. The van der Waals surface area contributed by atoms with Gasteiger partial charge in [-0.15, -0.1) is 11.3 Å². The van der Waals surface area contributed by atoms with E-state index in [2.05, 4.69) is 12.2 Å². The lowest BCUT2D eigenvalue weighted by Crippen LogP contribution is -2.21. The van der Waals surface area contributed by atoms with Gasteiger partial charge in [-0.2, -0.15) is 0 Å². The Bertz CT molecular complexity index is 938. The molecule has 1 aromatic heterocycles. The van der Waals surface area contributed by atoms with Crippen LogP contribution in [-0.2, 0) is 22.4 Å². The third-order valence-corrected chi connectivity index (χ3v) is 6.26. The molecule has 2 aromatic rings. The van der Waals surface area contributed by atoms with E-state index in [9.17, 15) is 19.7 Å². The van der Waals surface area contributed by atoms with Gasteiger partial charge in [0.25, 0.3) is 11.6 Å². The lowest BCUT2D eigenvalue weighted by molar-refractivity contribution is -0.384. The number of nitrogens with one attached hydrogen (secondary N) is 1. The van der Waals surface area contributed by atoms with Gasteiger partial charge in [0.1, 0.15) is 10.8 Å². The number of anilines is 1. The zero-order chi connectivity index (χ0) is 21.7. The van der Waals surface area contributed by atoms with Crippen molar-refractivity contribution in [1.82, 2.24) is 0 Å². The number of nitro benzene ring substituents is 1. The van der Waals surface area contributed by atoms with Gasteiger partial charge in [-0.25, -0.2) is 4.79 Å². The molecular formula is C21H24N2O6S. The van der Waals surface area contributed by atoms with Crippen LogP contribution in [0.25, 0.3) is 0 Å². The molecule has 1 heterocycles. The van der Waals surface area contributed by atoms with Crippen LogP contribution in [0.5, 0.6) is 5.75 Å². The number of carbonyl (C=O) groups excluding carboxylic acids is 2. The molecule has 160 valence electrons. The molecule has 1 aliphatic carbocycles. The number of fused-ring (bicyclic) bond motifs is 1. The Morgan fingerprint density at radius 3 is 2.63 bits per heavy atom. The monoisotopic (exact) mass is 432 g/mol. The number of hydrogen-bond donors (Lipinski definition) is 1. The summed E-state index contributed by atoms with van der Waals surface area (Å²) in [6.45, 7) is 3.89. The molecule has 9 heteroatoms. The molecule has 1 amide bonds. The van der Waals surface area contributed by atoms with Crippen molar-refractivity contribution >= 4 is 33.9 Å². The lowest BCUT2D eigenvalue weighted by atomic mass is 9.85. The van der Waals surface area contributed by atoms with Gasteiger partial charge in [0, 0.05) is 17.0 Å². The van der Waals surface area contributed by atoms with Gasteiger partial charge in [-0.05, 0) is 49.8 Å². The molecule has 1 aliphatic rings. The first-order valence-electron chi connectivity index (χ1n) is 9.91. The maximum absolute atomic E-state index is 12.5. The highest BCUT2D eigenvalue weighted by Crippen LogP contribution is 2.40. The van der Waals surface area contributed by atoms with Gasteiger partial charge < -0.3 is 14.8 Å². The van der Waals surface area contributed by atoms with E-state index in [4.69, 9.17) is 9.47 Å². The van der Waals surface area contributed by atoms with Crippen LogP contribution in [0.15, 0.2) is 24.3 Å². The summed E-state index contributed by atoms with van der Waals surface area (Å²) >= 11 is 1.43. The minimum Gasteiger partial charge on any atom is -0.484 e. The third-order valence-electron chi connectivity index (χ3n) is 5.09. The molecule has 3 rings (SSSR count). The molecular weight excluding hydrogens is 408 g/mol. The molecule has 0 fully saturated rings. The van der Waals surface area contributed by atoms with Crippen LogP contribution in [0.3, 0.4) is 0 Å². The van der Waals surface area contributed by atoms with E-state index in [1.54, 1.807) is 6.92 Å². The van der Waals surface area contributed by atoms with Crippen LogP contribution in [0, 0.1) is 16.0 Å². The fraction of sp³-hybridized carbons (Fsp3) is 0.429. The topological polar surface area (TPSA) is 108 Å². The standard InChI is InChI=1S/C21H24N2O6S/c1-3-13-5-10-16-17(11-13)30-20(19(16)21(25)28-4-2)22-18(24)12-29-15-8-6-14(7-9-15)23(26)27/h6-9,13H,3-5,10-12H2,1-2H3,(H,22,24). The summed E-state index contributed by atoms with van der Waals surface area (Å²) in [7, 11) is 0. The number of nitro groups is 1. The Morgan fingerprint density at radius 2 is 2.00 bits per heavy atom. The smallest absolute Gasteiger partial charge is 0.341 e. The van der Waals surface area contributed by atoms with E-state index >= 15 is 0 Å². The number of hydrogen-bond acceptors (Lipinski definition) is 7. The maximum atomic E-state index is 12.5. The van der Waals surface area contributed by atoms with Crippen LogP contribution in [-0.4, -0.2) is 30.0 Å². The van der Waals surface area contributed by atoms with Gasteiger partial charge in [-0.1, -0.05) is 13.3 Å². The van der Waals surface area contributed by atoms with E-state index in [-0.39, 0.29) is 18.9 Å². The molecule has 0 aliphatic heterocycles. The predicted molar refractivity (Wildman–Crippen MR) is 113 cm³/mol. The zero-order valence-corrected chi connectivity index (χ0v) is 17.8. The normalized spacial score (nSPS) is 15.2. The molecule has 0 saturated carbocycles. The summed E-state index contributed by atoms with van der Waals surface area (Å²) in [5, 5.41) is 14.0. The summed E-state index contributed by atoms with van der Waals surface area (Å²) < 4.78 is 10.6. The predicted octanol–water partition coefficient (Wildman–Crippen LogP) is 4.37. The Hall–Kier alpha value is -2.94. The number of carbonyl (C=O) groups is 2. The number of rotatable bonds is 8. The van der Waals surface area contributed by atoms with Crippen molar-refractivity contribution in [2.24, 2.45) is 5.92 Å². The van der Waals surface area contributed by atoms with Crippen molar-refractivity contribution in [3.8, 4) is 5.75 Å². The largest absolute Gasteiger partial charge is 0.484 e. The summed E-state index contributed by atoms with van der Waals surface area (Å²) in [5.41, 5.74) is 1.38. The maximum Gasteiger partial charge on any atom is 0.341 e. The minimum atomic E-state index is -0.505. The number of esters is 1. The van der Waals surface area contributed by atoms with Gasteiger partial charge in [0.15, 0.2) is 6.61 Å². The number of amides is 1. The molecule has 1 unspecified atom stereocenters. The van der Waals surface area contributed by atoms with Gasteiger partial charge in [0.05, 0.1) is 17.1 Å². The number of benzene rings is 1. The van der Waals surface area contributed by atoms with Crippen molar-refractivity contribution < 1.29 is 24.0 Å². The molecule has 8 nitrogen and oxygen atoms in total. The Morgan fingerprint density at radius 1 is 1.27 bits per heavy atom. The van der Waals surface area contributed by atoms with Crippen LogP contribution in [0.1, 0.15) is 47.5 Å². The van der Waals surface area contributed by atoms with Crippen molar-refractivity contribution in [2.45, 2.75) is 39.5 Å². The third kappa shape index (κ3) is 4.96. The Kier molecular flexibility index (Phi) is 7.04. The quantitative estimate of drug-likeness (QED) is 0.377. The van der Waals surface area contributed by atoms with E-state index in [1.807, 2.05) is 0 Å². The van der Waals surface area contributed by atoms with Crippen molar-refractivity contribution in [3.63, 3.8) is 0 Å². The van der Waals surface area contributed by atoms with E-state index < -0.39 is 16.8 Å². The summed E-state index contributed by atoms with van der Waals surface area (Å²) in [6, 6.07) is 5.49. The highest BCUT2D eigenvalue weighted by molar-refractivity contribution is 7.17. The average Bonchev–Trinajstić information content (AvgIpc) is 3.09. The molecule has 1 N–H and O–H groups in total. The van der Waals surface area contributed by atoms with Crippen molar-refractivity contribution in [3.05, 3.63) is 50.4 Å². The first kappa shape index (κ1) is 21.8. The zero-order valence-electron chi connectivity index (χ0n) is 16.9. The fourth-order valence-electron chi connectivity index (χ4n) is 3.49. The van der Waals surface area contributed by atoms with E-state index in [0.717, 1.165) is 36.1 Å². The molecule has 1 aromatic carbocycles. The first-order valence-corrected chi connectivity index (χ1v) is 10.7.